The maximum atomic E-state index is 12.7. The monoisotopic (exact) mass is 696 g/mol. The van der Waals surface area contributed by atoms with Crippen LogP contribution in [0.5, 0.6) is 11.5 Å². The number of rotatable bonds is 26. The van der Waals surface area contributed by atoms with Gasteiger partial charge in [0.05, 0.1) is 26.4 Å². The summed E-state index contributed by atoms with van der Waals surface area (Å²) in [7, 11) is 0. The van der Waals surface area contributed by atoms with Crippen LogP contribution >= 0.6 is 11.6 Å². The highest BCUT2D eigenvalue weighted by Crippen LogP contribution is 2.43. The summed E-state index contributed by atoms with van der Waals surface area (Å²) in [5.74, 6) is 0.636. The Morgan fingerprint density at radius 3 is 1.59 bits per heavy atom. The fourth-order valence-corrected chi connectivity index (χ4v) is 5.59. The first-order valence-corrected chi connectivity index (χ1v) is 17.9. The van der Waals surface area contributed by atoms with E-state index in [9.17, 15) is 9.59 Å². The lowest BCUT2D eigenvalue weighted by Gasteiger charge is -2.23. The molecule has 9 heteroatoms. The predicted octanol–water partition coefficient (Wildman–Crippen LogP) is 9.57. The summed E-state index contributed by atoms with van der Waals surface area (Å²) in [6, 6.07) is 13.3. The van der Waals surface area contributed by atoms with Crippen molar-refractivity contribution in [2.75, 3.05) is 39.6 Å². The first kappa shape index (κ1) is 39.8. The molecule has 0 amide bonds. The molecule has 3 rings (SSSR count). The molecule has 0 saturated heterocycles. The van der Waals surface area contributed by atoms with Crippen molar-refractivity contribution in [2.45, 2.75) is 90.3 Å². The van der Waals surface area contributed by atoms with Crippen LogP contribution in [0.25, 0.3) is 21.5 Å². The average Bonchev–Trinajstić information content (AvgIpc) is 3.09. The molecule has 0 heterocycles. The van der Waals surface area contributed by atoms with E-state index in [1.807, 2.05) is 36.4 Å². The highest BCUT2D eigenvalue weighted by molar-refractivity contribution is 6.31. The lowest BCUT2D eigenvalue weighted by atomic mass is 10.0. The zero-order chi connectivity index (χ0) is 35.3. The van der Waals surface area contributed by atoms with Gasteiger partial charge in [-0.05, 0) is 31.0 Å². The minimum absolute atomic E-state index is 0.0700. The maximum Gasteiger partial charge on any atom is 0.306 e. The van der Waals surface area contributed by atoms with Gasteiger partial charge >= 0.3 is 11.9 Å². The van der Waals surface area contributed by atoms with E-state index in [2.05, 4.69) is 27.0 Å². The smallest absolute Gasteiger partial charge is 0.306 e. The summed E-state index contributed by atoms with van der Waals surface area (Å²) in [6.45, 7) is 12.8. The second kappa shape index (κ2) is 22.9. The normalized spacial score (nSPS) is 12.4. The van der Waals surface area contributed by atoms with Crippen LogP contribution in [0.15, 0.2) is 67.8 Å². The van der Waals surface area contributed by atoms with Crippen molar-refractivity contribution < 1.29 is 38.0 Å². The number of esters is 2. The Hall–Kier alpha value is -3.59. The third-order valence-electron chi connectivity index (χ3n) is 7.86. The Labute approximate surface area is 296 Å². The van der Waals surface area contributed by atoms with Crippen molar-refractivity contribution in [2.24, 2.45) is 0 Å². The molecule has 0 N–H and O–H groups in total. The van der Waals surface area contributed by atoms with Crippen LogP contribution < -0.4 is 9.47 Å². The third-order valence-corrected chi connectivity index (χ3v) is 8.09. The van der Waals surface area contributed by atoms with Crippen LogP contribution in [0, 0.1) is 0 Å². The topological polar surface area (TPSA) is 89.5 Å². The van der Waals surface area contributed by atoms with E-state index in [0.717, 1.165) is 72.9 Å². The molecule has 268 valence electrons. The number of hydrogen-bond donors (Lipinski definition) is 0. The zero-order valence-electron chi connectivity index (χ0n) is 29.2. The van der Waals surface area contributed by atoms with Crippen molar-refractivity contribution >= 4 is 45.1 Å². The lowest BCUT2D eigenvalue weighted by Crippen LogP contribution is -2.30. The van der Waals surface area contributed by atoms with E-state index >= 15 is 0 Å². The summed E-state index contributed by atoms with van der Waals surface area (Å²) in [5, 5.41) is 3.61. The number of benzene rings is 3. The molecule has 0 spiro atoms. The maximum absolute atomic E-state index is 12.7. The molecule has 0 fully saturated rings. The van der Waals surface area contributed by atoms with E-state index in [1.54, 1.807) is 18.2 Å². The Morgan fingerprint density at radius 2 is 1.12 bits per heavy atom. The van der Waals surface area contributed by atoms with Gasteiger partial charge in [0.15, 0.2) is 12.2 Å². The highest BCUT2D eigenvalue weighted by atomic mass is 35.5. The highest BCUT2D eigenvalue weighted by Gasteiger charge is 2.22. The molecule has 3 aromatic rings. The molecule has 8 nitrogen and oxygen atoms in total. The molecule has 0 radical (unpaired) electrons. The van der Waals surface area contributed by atoms with Crippen LogP contribution in [0.4, 0.5) is 0 Å². The van der Waals surface area contributed by atoms with Crippen molar-refractivity contribution in [3.05, 3.63) is 72.8 Å². The summed E-state index contributed by atoms with van der Waals surface area (Å²) in [5.41, 5.74) is 0. The molecule has 0 bridgehead atoms. The van der Waals surface area contributed by atoms with Gasteiger partial charge in [-0.15, -0.1) is 13.2 Å². The molecule has 0 aliphatic heterocycles. The minimum Gasteiger partial charge on any atom is -0.488 e. The van der Waals surface area contributed by atoms with Crippen molar-refractivity contribution in [3.8, 4) is 11.5 Å². The van der Waals surface area contributed by atoms with E-state index < -0.39 is 12.2 Å². The lowest BCUT2D eigenvalue weighted by molar-refractivity contribution is -0.154. The second-order valence-electron chi connectivity index (χ2n) is 12.0. The van der Waals surface area contributed by atoms with Crippen LogP contribution in [-0.4, -0.2) is 63.8 Å². The molecular formula is C40H53ClO8. The quantitative estimate of drug-likeness (QED) is 0.0355. The summed E-state index contributed by atoms with van der Waals surface area (Å²) >= 11 is 6.52. The molecule has 0 aromatic heterocycles. The molecule has 2 atom stereocenters. The SMILES string of the molecule is C=CCOCC(COc1c2ccccc2c(OCC(COCC=C)OC(=O)CCCCCC)c2cc(Cl)ccc12)OC(=O)CCCCCC. The van der Waals surface area contributed by atoms with E-state index in [1.165, 1.54) is 0 Å². The van der Waals surface area contributed by atoms with Crippen LogP contribution in [0.2, 0.25) is 5.02 Å². The molecule has 0 saturated carbocycles. The molecule has 49 heavy (non-hydrogen) atoms. The first-order valence-electron chi connectivity index (χ1n) is 17.6. The molecule has 0 aliphatic carbocycles. The van der Waals surface area contributed by atoms with Gasteiger partial charge in [-0.2, -0.15) is 0 Å². The number of hydrogen-bond acceptors (Lipinski definition) is 8. The standard InChI is InChI=1S/C40H53ClO8/c1-5-9-11-13-19-37(42)48-31(26-44-23-7-3)28-46-39-33-17-15-16-18-34(33)40(36-25-30(41)21-22-35(36)39)47-29-32(27-45-24-8-4)49-38(43)20-14-12-10-6-2/h7-8,15-18,21-22,25,31-32H,3-6,9-14,19-20,23-24,26-29H2,1-2H3. The number of ether oxygens (including phenoxy) is 6. The number of carbonyl (C=O) groups excluding carboxylic acids is 2. The third kappa shape index (κ3) is 13.7. The first-order chi connectivity index (χ1) is 23.9. The summed E-state index contributed by atoms with van der Waals surface area (Å²) in [6.07, 6.45) is 10.6. The Morgan fingerprint density at radius 1 is 0.653 bits per heavy atom. The van der Waals surface area contributed by atoms with Gasteiger partial charge in [-0.25, -0.2) is 0 Å². The van der Waals surface area contributed by atoms with Crippen molar-refractivity contribution in [1.29, 1.82) is 0 Å². The van der Waals surface area contributed by atoms with Crippen LogP contribution in [-0.2, 0) is 28.5 Å². The summed E-state index contributed by atoms with van der Waals surface area (Å²) in [4.78, 5) is 25.4. The fourth-order valence-electron chi connectivity index (χ4n) is 5.42. The molecule has 3 aromatic carbocycles. The van der Waals surface area contributed by atoms with Crippen LogP contribution in [0.3, 0.4) is 0 Å². The van der Waals surface area contributed by atoms with Crippen molar-refractivity contribution in [3.63, 3.8) is 0 Å². The number of unbranched alkanes of at least 4 members (excludes halogenated alkanes) is 6. The van der Waals surface area contributed by atoms with Crippen LogP contribution in [0.1, 0.15) is 78.1 Å². The summed E-state index contributed by atoms with van der Waals surface area (Å²) < 4.78 is 35.9. The number of carbonyl (C=O) groups is 2. The van der Waals surface area contributed by atoms with Crippen molar-refractivity contribution in [1.82, 2.24) is 0 Å². The average molecular weight is 697 g/mol. The van der Waals surface area contributed by atoms with Gasteiger partial charge in [0.25, 0.3) is 0 Å². The van der Waals surface area contributed by atoms with E-state index in [-0.39, 0.29) is 38.4 Å². The number of halogens is 1. The van der Waals surface area contributed by atoms with Gasteiger partial charge in [-0.1, -0.05) is 100 Å². The largest absolute Gasteiger partial charge is 0.488 e. The second-order valence-corrected chi connectivity index (χ2v) is 12.4. The van der Waals surface area contributed by atoms with Gasteiger partial charge < -0.3 is 28.4 Å². The van der Waals surface area contributed by atoms with Gasteiger partial charge in [-0.3, -0.25) is 9.59 Å². The number of fused-ring (bicyclic) bond motifs is 2. The zero-order valence-corrected chi connectivity index (χ0v) is 30.0. The molecular weight excluding hydrogens is 644 g/mol. The Balaban J connectivity index is 1.88. The molecule has 2 unspecified atom stereocenters. The van der Waals surface area contributed by atoms with E-state index in [0.29, 0.717) is 42.6 Å². The minimum atomic E-state index is -0.629. The van der Waals surface area contributed by atoms with Gasteiger partial charge in [0.1, 0.15) is 24.7 Å². The van der Waals surface area contributed by atoms with E-state index in [4.69, 9.17) is 40.0 Å². The predicted molar refractivity (Wildman–Crippen MR) is 197 cm³/mol. The Bertz CT molecular complexity index is 1470. The van der Waals surface area contributed by atoms with Gasteiger partial charge in [0.2, 0.25) is 0 Å². The Kier molecular flexibility index (Phi) is 18.6. The fraction of sp³-hybridized carbons (Fsp3) is 0.500. The molecule has 0 aliphatic rings. The van der Waals surface area contributed by atoms with Gasteiger partial charge in [0, 0.05) is 39.4 Å².